The summed E-state index contributed by atoms with van der Waals surface area (Å²) in [6.45, 7) is 5.05. The molecule has 1 amide bonds. The molecule has 0 bridgehead atoms. The first-order valence-electron chi connectivity index (χ1n) is 9.48. The molecule has 2 aromatic carbocycles. The third-order valence-corrected chi connectivity index (χ3v) is 7.24. The Morgan fingerprint density at radius 3 is 2.21 bits per heavy atom. The molecular weight excluding hydrogens is 379 g/mol. The van der Waals surface area contributed by atoms with Crippen molar-refractivity contribution >= 4 is 15.9 Å². The van der Waals surface area contributed by atoms with E-state index in [4.69, 9.17) is 0 Å². The molecule has 7 heteroatoms. The first-order chi connectivity index (χ1) is 13.3. The predicted molar refractivity (Wildman–Crippen MR) is 106 cm³/mol. The molecule has 0 saturated carbocycles. The van der Waals surface area contributed by atoms with Crippen LogP contribution in [0, 0.1) is 5.82 Å². The maximum absolute atomic E-state index is 13.8. The Kier molecular flexibility index (Phi) is 6.15. The maximum Gasteiger partial charge on any atom is 0.256 e. The molecule has 1 atom stereocenters. The third-order valence-electron chi connectivity index (χ3n) is 5.33. The summed E-state index contributed by atoms with van der Waals surface area (Å²) in [5.74, 6) is -0.596. The number of sulfonamides is 1. The van der Waals surface area contributed by atoms with Crippen LogP contribution in [0.25, 0.3) is 0 Å². The molecule has 1 fully saturated rings. The lowest BCUT2D eigenvalue weighted by atomic mass is 9.99. The number of hydrogen-bond donors (Lipinski definition) is 0. The van der Waals surface area contributed by atoms with Crippen molar-refractivity contribution in [2.24, 2.45) is 0 Å². The molecule has 150 valence electrons. The molecule has 3 rings (SSSR count). The molecule has 0 N–H and O–H groups in total. The Morgan fingerprint density at radius 1 is 1.04 bits per heavy atom. The highest BCUT2D eigenvalue weighted by atomic mass is 32.2. The minimum Gasteiger partial charge on any atom is -0.336 e. The Bertz CT molecular complexity index is 936. The summed E-state index contributed by atoms with van der Waals surface area (Å²) in [5, 5.41) is 0. The summed E-state index contributed by atoms with van der Waals surface area (Å²) in [4.78, 5) is 14.2. The van der Waals surface area contributed by atoms with Gasteiger partial charge in [0.15, 0.2) is 0 Å². The fourth-order valence-electron chi connectivity index (χ4n) is 3.29. The number of halogens is 1. The van der Waals surface area contributed by atoms with Gasteiger partial charge in [0.1, 0.15) is 5.82 Å². The van der Waals surface area contributed by atoms with E-state index in [-0.39, 0.29) is 36.6 Å². The van der Waals surface area contributed by atoms with Crippen molar-refractivity contribution in [2.45, 2.75) is 31.1 Å². The van der Waals surface area contributed by atoms with Gasteiger partial charge < -0.3 is 4.90 Å². The van der Waals surface area contributed by atoms with Crippen LogP contribution in [0.1, 0.15) is 42.1 Å². The number of carbonyl (C=O) groups is 1. The van der Waals surface area contributed by atoms with Gasteiger partial charge in [-0.3, -0.25) is 4.79 Å². The average Bonchev–Trinajstić information content (AvgIpc) is 2.73. The molecule has 2 aromatic rings. The molecule has 1 heterocycles. The second kappa shape index (κ2) is 8.41. The van der Waals surface area contributed by atoms with Gasteiger partial charge in [-0.05, 0) is 42.2 Å². The van der Waals surface area contributed by atoms with Crippen molar-refractivity contribution in [1.29, 1.82) is 0 Å². The molecule has 28 heavy (non-hydrogen) atoms. The van der Waals surface area contributed by atoms with E-state index < -0.39 is 21.7 Å². The van der Waals surface area contributed by atoms with E-state index >= 15 is 0 Å². The Hall–Kier alpha value is -2.25. The normalized spacial score (nSPS) is 16.8. The van der Waals surface area contributed by atoms with E-state index in [1.54, 1.807) is 18.2 Å². The zero-order chi connectivity index (χ0) is 20.3. The molecule has 0 radical (unpaired) electrons. The average molecular weight is 405 g/mol. The van der Waals surface area contributed by atoms with Crippen LogP contribution in [0.4, 0.5) is 4.39 Å². The van der Waals surface area contributed by atoms with Gasteiger partial charge >= 0.3 is 0 Å². The Labute approximate surface area is 165 Å². The zero-order valence-corrected chi connectivity index (χ0v) is 17.0. The topological polar surface area (TPSA) is 57.7 Å². The lowest BCUT2D eigenvalue weighted by Gasteiger charge is -2.34. The second-order valence-corrected chi connectivity index (χ2v) is 8.99. The molecule has 1 aliphatic heterocycles. The standard InChI is InChI=1S/C21H25FN2O3S/c1-3-16(2)17-8-10-18(11-9-17)28(26,27)24-14-12-23(13-15-24)21(25)19-6-4-5-7-20(19)22/h4-11,16H,3,12-15H2,1-2H3/t16-/m1/s1. The number of benzene rings is 2. The van der Waals surface area contributed by atoms with Crippen LogP contribution in [-0.4, -0.2) is 49.7 Å². The van der Waals surface area contributed by atoms with Gasteiger partial charge in [0.25, 0.3) is 5.91 Å². The molecule has 1 aliphatic rings. The van der Waals surface area contributed by atoms with Crippen molar-refractivity contribution in [3.8, 4) is 0 Å². The van der Waals surface area contributed by atoms with Crippen LogP contribution in [0.3, 0.4) is 0 Å². The van der Waals surface area contributed by atoms with Gasteiger partial charge in [0.05, 0.1) is 10.5 Å². The molecule has 0 unspecified atom stereocenters. The third kappa shape index (κ3) is 4.10. The van der Waals surface area contributed by atoms with E-state index in [9.17, 15) is 17.6 Å². The SMILES string of the molecule is CC[C@@H](C)c1ccc(S(=O)(=O)N2CCN(C(=O)c3ccccc3F)CC2)cc1. The largest absolute Gasteiger partial charge is 0.336 e. The minimum atomic E-state index is -3.61. The van der Waals surface area contributed by atoms with Crippen LogP contribution in [0.2, 0.25) is 0 Å². The number of hydrogen-bond acceptors (Lipinski definition) is 3. The highest BCUT2D eigenvalue weighted by Gasteiger charge is 2.31. The summed E-state index contributed by atoms with van der Waals surface area (Å²) >= 11 is 0. The summed E-state index contributed by atoms with van der Waals surface area (Å²) < 4.78 is 41.0. The highest BCUT2D eigenvalue weighted by Crippen LogP contribution is 2.23. The minimum absolute atomic E-state index is 0.0134. The van der Waals surface area contributed by atoms with E-state index in [0.717, 1.165) is 12.0 Å². The van der Waals surface area contributed by atoms with Gasteiger partial charge in [-0.25, -0.2) is 12.8 Å². The zero-order valence-electron chi connectivity index (χ0n) is 16.1. The molecule has 0 aliphatic carbocycles. The smallest absolute Gasteiger partial charge is 0.256 e. The van der Waals surface area contributed by atoms with Crippen molar-refractivity contribution in [2.75, 3.05) is 26.2 Å². The van der Waals surface area contributed by atoms with Crippen LogP contribution < -0.4 is 0 Å². The number of nitrogens with zero attached hydrogens (tertiary/aromatic N) is 2. The number of piperazine rings is 1. The van der Waals surface area contributed by atoms with E-state index in [1.165, 1.54) is 27.4 Å². The summed E-state index contributed by atoms with van der Waals surface area (Å²) in [7, 11) is -3.61. The van der Waals surface area contributed by atoms with Gasteiger partial charge in [0, 0.05) is 26.2 Å². The Morgan fingerprint density at radius 2 is 1.64 bits per heavy atom. The van der Waals surface area contributed by atoms with Gasteiger partial charge in [-0.1, -0.05) is 38.1 Å². The molecule has 5 nitrogen and oxygen atoms in total. The summed E-state index contributed by atoms with van der Waals surface area (Å²) in [5.41, 5.74) is 1.13. The van der Waals surface area contributed by atoms with Crippen LogP contribution >= 0.6 is 0 Å². The molecule has 1 saturated heterocycles. The van der Waals surface area contributed by atoms with Crippen molar-refractivity contribution in [3.63, 3.8) is 0 Å². The van der Waals surface area contributed by atoms with Crippen molar-refractivity contribution in [1.82, 2.24) is 9.21 Å². The summed E-state index contributed by atoms with van der Waals surface area (Å²) in [6, 6.07) is 12.8. The van der Waals surface area contributed by atoms with Gasteiger partial charge in [-0.2, -0.15) is 4.31 Å². The lowest BCUT2D eigenvalue weighted by Crippen LogP contribution is -2.50. The fraction of sp³-hybridized carbons (Fsp3) is 0.381. The van der Waals surface area contributed by atoms with Crippen LogP contribution in [0.15, 0.2) is 53.4 Å². The number of rotatable bonds is 5. The second-order valence-electron chi connectivity index (χ2n) is 7.05. The number of carbonyl (C=O) groups excluding carboxylic acids is 1. The quantitative estimate of drug-likeness (QED) is 0.767. The van der Waals surface area contributed by atoms with Crippen molar-refractivity contribution in [3.05, 3.63) is 65.5 Å². The van der Waals surface area contributed by atoms with Crippen LogP contribution in [-0.2, 0) is 10.0 Å². The lowest BCUT2D eigenvalue weighted by molar-refractivity contribution is 0.0693. The molecule has 0 spiro atoms. The monoisotopic (exact) mass is 404 g/mol. The Balaban J connectivity index is 1.68. The first kappa shape index (κ1) is 20.5. The maximum atomic E-state index is 13.8. The first-order valence-corrected chi connectivity index (χ1v) is 10.9. The summed E-state index contributed by atoms with van der Waals surface area (Å²) in [6.07, 6.45) is 0.990. The van der Waals surface area contributed by atoms with E-state index in [2.05, 4.69) is 13.8 Å². The molecule has 0 aromatic heterocycles. The molecular formula is C21H25FN2O3S. The van der Waals surface area contributed by atoms with E-state index in [1.807, 2.05) is 12.1 Å². The van der Waals surface area contributed by atoms with Gasteiger partial charge in [-0.15, -0.1) is 0 Å². The van der Waals surface area contributed by atoms with Crippen molar-refractivity contribution < 1.29 is 17.6 Å². The fourth-order valence-corrected chi connectivity index (χ4v) is 4.71. The van der Waals surface area contributed by atoms with Crippen LogP contribution in [0.5, 0.6) is 0 Å². The van der Waals surface area contributed by atoms with E-state index in [0.29, 0.717) is 5.92 Å². The number of amides is 1. The predicted octanol–water partition coefficient (Wildman–Crippen LogP) is 3.49. The highest BCUT2D eigenvalue weighted by molar-refractivity contribution is 7.89. The van der Waals surface area contributed by atoms with Gasteiger partial charge in [0.2, 0.25) is 10.0 Å².